The molecule has 0 unspecified atom stereocenters. The Labute approximate surface area is 137 Å². The van der Waals surface area contributed by atoms with Crippen molar-refractivity contribution in [2.24, 2.45) is 0 Å². The van der Waals surface area contributed by atoms with E-state index in [0.29, 0.717) is 24.4 Å². The first kappa shape index (κ1) is 15.4. The van der Waals surface area contributed by atoms with Crippen LogP contribution in [0.15, 0.2) is 52.1 Å². The topological polar surface area (TPSA) is 72.4 Å². The highest BCUT2D eigenvalue weighted by atomic mass is 79.9. The van der Waals surface area contributed by atoms with Crippen molar-refractivity contribution in [3.63, 3.8) is 0 Å². The van der Waals surface area contributed by atoms with Gasteiger partial charge in [-0.15, -0.1) is 0 Å². The van der Waals surface area contributed by atoms with Crippen molar-refractivity contribution in [2.45, 2.75) is 17.4 Å². The molecule has 0 radical (unpaired) electrons. The number of ether oxygens (including phenoxy) is 1. The zero-order chi connectivity index (χ0) is 15.6. The molecule has 6 nitrogen and oxygen atoms in total. The Morgan fingerprint density at radius 2 is 1.86 bits per heavy atom. The number of sulfonamides is 1. The van der Waals surface area contributed by atoms with Crippen LogP contribution < -0.4 is 4.74 Å². The molecule has 0 amide bonds. The van der Waals surface area contributed by atoms with Crippen LogP contribution in [-0.2, 0) is 10.0 Å². The molecule has 1 aliphatic heterocycles. The molecule has 22 heavy (non-hydrogen) atoms. The first-order valence-corrected chi connectivity index (χ1v) is 8.98. The minimum atomic E-state index is -3.47. The standard InChI is InChI=1S/C14H14BrN3O3S/c15-11-8-16-14(17-9-11)21-12-6-7-18(10-12)22(19,20)13-4-2-1-3-5-13/h1-5,8-9,12H,6-7,10H2/t12-/m1/s1. The van der Waals surface area contributed by atoms with Gasteiger partial charge in [-0.2, -0.15) is 4.31 Å². The lowest BCUT2D eigenvalue weighted by Gasteiger charge is -2.16. The van der Waals surface area contributed by atoms with Gasteiger partial charge < -0.3 is 4.74 Å². The molecule has 1 fully saturated rings. The van der Waals surface area contributed by atoms with Gasteiger partial charge in [0.1, 0.15) is 6.10 Å². The average Bonchev–Trinajstić information content (AvgIpc) is 3.00. The minimum Gasteiger partial charge on any atom is -0.459 e. The van der Waals surface area contributed by atoms with E-state index >= 15 is 0 Å². The smallest absolute Gasteiger partial charge is 0.316 e. The molecular weight excluding hydrogens is 370 g/mol. The van der Waals surface area contributed by atoms with E-state index in [1.54, 1.807) is 42.7 Å². The third kappa shape index (κ3) is 3.29. The van der Waals surface area contributed by atoms with E-state index in [9.17, 15) is 8.42 Å². The molecule has 1 aromatic carbocycles. The van der Waals surface area contributed by atoms with Crippen molar-refractivity contribution in [2.75, 3.05) is 13.1 Å². The summed E-state index contributed by atoms with van der Waals surface area (Å²) in [6.07, 6.45) is 3.57. The maximum atomic E-state index is 12.5. The number of hydrogen-bond acceptors (Lipinski definition) is 5. The molecular formula is C14H14BrN3O3S. The van der Waals surface area contributed by atoms with Crippen molar-refractivity contribution in [1.29, 1.82) is 0 Å². The molecule has 2 heterocycles. The second-order valence-corrected chi connectivity index (χ2v) is 7.74. The Morgan fingerprint density at radius 1 is 1.18 bits per heavy atom. The summed E-state index contributed by atoms with van der Waals surface area (Å²) in [4.78, 5) is 8.38. The van der Waals surface area contributed by atoms with Gasteiger partial charge in [0.25, 0.3) is 0 Å². The molecule has 1 aliphatic rings. The first-order chi connectivity index (χ1) is 10.6. The predicted octanol–water partition coefficient (Wildman–Crippen LogP) is 2.08. The molecule has 0 aliphatic carbocycles. The highest BCUT2D eigenvalue weighted by Crippen LogP contribution is 2.23. The van der Waals surface area contributed by atoms with Crippen LogP contribution in [-0.4, -0.2) is 41.9 Å². The van der Waals surface area contributed by atoms with Crippen LogP contribution in [0.4, 0.5) is 0 Å². The first-order valence-electron chi connectivity index (χ1n) is 6.75. The summed E-state index contributed by atoms with van der Waals surface area (Å²) in [6.45, 7) is 0.731. The van der Waals surface area contributed by atoms with Crippen LogP contribution in [0.5, 0.6) is 6.01 Å². The van der Waals surface area contributed by atoms with Gasteiger partial charge in [-0.05, 0) is 34.5 Å². The molecule has 8 heteroatoms. The molecule has 2 aromatic rings. The lowest BCUT2D eigenvalue weighted by atomic mass is 10.3. The highest BCUT2D eigenvalue weighted by molar-refractivity contribution is 9.10. The SMILES string of the molecule is O=S(=O)(c1ccccc1)N1CC[C@@H](Oc2ncc(Br)cn2)C1. The Kier molecular flexibility index (Phi) is 4.42. The van der Waals surface area contributed by atoms with Gasteiger partial charge in [0.2, 0.25) is 10.0 Å². The fraction of sp³-hybridized carbons (Fsp3) is 0.286. The molecule has 1 saturated heterocycles. The van der Waals surface area contributed by atoms with Crippen LogP contribution in [0.1, 0.15) is 6.42 Å². The molecule has 0 bridgehead atoms. The number of rotatable bonds is 4. The van der Waals surface area contributed by atoms with Gasteiger partial charge in [-0.25, -0.2) is 18.4 Å². The minimum absolute atomic E-state index is 0.236. The van der Waals surface area contributed by atoms with Crippen LogP contribution in [0.3, 0.4) is 0 Å². The second-order valence-electron chi connectivity index (χ2n) is 4.89. The molecule has 116 valence electrons. The molecule has 1 aromatic heterocycles. The Bertz CT molecular complexity index is 738. The maximum Gasteiger partial charge on any atom is 0.316 e. The number of hydrogen-bond donors (Lipinski definition) is 0. The molecule has 1 atom stereocenters. The van der Waals surface area contributed by atoms with Crippen LogP contribution >= 0.6 is 15.9 Å². The lowest BCUT2D eigenvalue weighted by molar-refractivity contribution is 0.197. The van der Waals surface area contributed by atoms with Gasteiger partial charge in [-0.3, -0.25) is 0 Å². The van der Waals surface area contributed by atoms with Crippen molar-refractivity contribution in [1.82, 2.24) is 14.3 Å². The van der Waals surface area contributed by atoms with E-state index < -0.39 is 10.0 Å². The van der Waals surface area contributed by atoms with E-state index in [0.717, 1.165) is 4.47 Å². The van der Waals surface area contributed by atoms with Gasteiger partial charge in [0.15, 0.2) is 0 Å². The normalized spacial score (nSPS) is 19.2. The number of nitrogens with zero attached hydrogens (tertiary/aromatic N) is 3. The van der Waals surface area contributed by atoms with Crippen LogP contribution in [0.2, 0.25) is 0 Å². The molecule has 3 rings (SSSR count). The number of benzene rings is 1. The maximum absolute atomic E-state index is 12.5. The van der Waals surface area contributed by atoms with Crippen LogP contribution in [0, 0.1) is 0 Å². The fourth-order valence-corrected chi connectivity index (χ4v) is 3.98. The molecule has 0 spiro atoms. The van der Waals surface area contributed by atoms with Gasteiger partial charge in [0.05, 0.1) is 15.9 Å². The molecule has 0 N–H and O–H groups in total. The van der Waals surface area contributed by atoms with Gasteiger partial charge in [0, 0.05) is 18.9 Å². The van der Waals surface area contributed by atoms with Crippen LogP contribution in [0.25, 0.3) is 0 Å². The van der Waals surface area contributed by atoms with E-state index in [4.69, 9.17) is 4.74 Å². The summed E-state index contributed by atoms with van der Waals surface area (Å²) in [6, 6.07) is 8.67. The van der Waals surface area contributed by atoms with E-state index in [1.165, 1.54) is 4.31 Å². The largest absolute Gasteiger partial charge is 0.459 e. The summed E-state index contributed by atoms with van der Waals surface area (Å²) >= 11 is 3.25. The summed E-state index contributed by atoms with van der Waals surface area (Å²) in [7, 11) is -3.47. The quantitative estimate of drug-likeness (QED) is 0.807. The monoisotopic (exact) mass is 383 g/mol. The summed E-state index contributed by atoms with van der Waals surface area (Å²) < 4.78 is 32.9. The average molecular weight is 384 g/mol. The van der Waals surface area contributed by atoms with E-state index in [-0.39, 0.29) is 12.1 Å². The molecule has 0 saturated carbocycles. The van der Waals surface area contributed by atoms with Crippen molar-refractivity contribution >= 4 is 26.0 Å². The zero-order valence-electron chi connectivity index (χ0n) is 11.6. The summed E-state index contributed by atoms with van der Waals surface area (Å²) in [5.74, 6) is 0. The Hall–Kier alpha value is -1.51. The van der Waals surface area contributed by atoms with E-state index in [1.807, 2.05) is 0 Å². The fourth-order valence-electron chi connectivity index (χ4n) is 2.26. The third-order valence-electron chi connectivity index (χ3n) is 3.36. The number of aromatic nitrogens is 2. The Morgan fingerprint density at radius 3 is 2.55 bits per heavy atom. The highest BCUT2D eigenvalue weighted by Gasteiger charge is 2.33. The Balaban J connectivity index is 1.68. The van der Waals surface area contributed by atoms with Gasteiger partial charge >= 0.3 is 6.01 Å². The zero-order valence-corrected chi connectivity index (χ0v) is 14.0. The van der Waals surface area contributed by atoms with Crippen molar-refractivity contribution in [3.05, 3.63) is 47.2 Å². The second kappa shape index (κ2) is 6.31. The van der Waals surface area contributed by atoms with Gasteiger partial charge in [-0.1, -0.05) is 18.2 Å². The van der Waals surface area contributed by atoms with Crippen molar-refractivity contribution < 1.29 is 13.2 Å². The summed E-state index contributed by atoms with van der Waals surface area (Å²) in [5.41, 5.74) is 0. The van der Waals surface area contributed by atoms with Crippen molar-refractivity contribution in [3.8, 4) is 6.01 Å². The summed E-state index contributed by atoms with van der Waals surface area (Å²) in [5, 5.41) is 0. The predicted molar refractivity (Wildman–Crippen MR) is 84.0 cm³/mol. The third-order valence-corrected chi connectivity index (χ3v) is 5.65. The lowest BCUT2D eigenvalue weighted by Crippen LogP contribution is -2.31. The number of halogens is 1. The van der Waals surface area contributed by atoms with E-state index in [2.05, 4.69) is 25.9 Å².